The Morgan fingerprint density at radius 2 is 2.05 bits per heavy atom. The van der Waals surface area contributed by atoms with E-state index in [0.29, 0.717) is 6.04 Å². The maximum absolute atomic E-state index is 5.95. The van der Waals surface area contributed by atoms with E-state index in [1.807, 2.05) is 12.1 Å². The second kappa shape index (κ2) is 7.28. The van der Waals surface area contributed by atoms with Gasteiger partial charge in [-0.05, 0) is 56.1 Å². The van der Waals surface area contributed by atoms with Crippen molar-refractivity contribution >= 4 is 11.6 Å². The molecule has 0 radical (unpaired) electrons. The van der Waals surface area contributed by atoms with Crippen LogP contribution in [0, 0.1) is 5.92 Å². The molecule has 0 saturated carbocycles. The van der Waals surface area contributed by atoms with Gasteiger partial charge < -0.3 is 10.2 Å². The average Bonchev–Trinajstić information content (AvgIpc) is 2.89. The molecule has 1 N–H and O–H groups in total. The molecule has 0 bridgehead atoms. The molecule has 2 unspecified atom stereocenters. The minimum Gasteiger partial charge on any atom is -0.310 e. The van der Waals surface area contributed by atoms with Crippen LogP contribution in [0.15, 0.2) is 24.3 Å². The summed E-state index contributed by atoms with van der Waals surface area (Å²) in [5.41, 5.74) is 1.34. The lowest BCUT2D eigenvalue weighted by molar-refractivity contribution is 0.334. The van der Waals surface area contributed by atoms with E-state index >= 15 is 0 Å². The number of hydrogen-bond donors (Lipinski definition) is 1. The van der Waals surface area contributed by atoms with Gasteiger partial charge in [0.15, 0.2) is 0 Å². The lowest BCUT2D eigenvalue weighted by Gasteiger charge is -2.20. The first-order valence-electron chi connectivity index (χ1n) is 7.44. The van der Waals surface area contributed by atoms with E-state index < -0.39 is 0 Å². The molecule has 19 heavy (non-hydrogen) atoms. The Labute approximate surface area is 122 Å². The summed E-state index contributed by atoms with van der Waals surface area (Å²) in [6, 6.07) is 8.69. The summed E-state index contributed by atoms with van der Waals surface area (Å²) in [6.45, 7) is 9.31. The third-order valence-corrected chi connectivity index (χ3v) is 4.40. The second-order valence-electron chi connectivity index (χ2n) is 5.47. The van der Waals surface area contributed by atoms with Crippen LogP contribution in [0.5, 0.6) is 0 Å². The van der Waals surface area contributed by atoms with Crippen LogP contribution in [-0.2, 0) is 0 Å². The predicted molar refractivity (Wildman–Crippen MR) is 82.7 cm³/mol. The van der Waals surface area contributed by atoms with Crippen molar-refractivity contribution in [1.29, 1.82) is 0 Å². The summed E-state index contributed by atoms with van der Waals surface area (Å²) in [5.74, 6) is 0.807. The molecule has 0 amide bonds. The Morgan fingerprint density at radius 3 is 2.63 bits per heavy atom. The van der Waals surface area contributed by atoms with E-state index in [9.17, 15) is 0 Å². The molecule has 2 nitrogen and oxygen atoms in total. The Hall–Kier alpha value is -0.570. The average molecular weight is 281 g/mol. The molecule has 106 valence electrons. The van der Waals surface area contributed by atoms with Gasteiger partial charge in [-0.1, -0.05) is 37.6 Å². The van der Waals surface area contributed by atoms with Gasteiger partial charge in [-0.25, -0.2) is 0 Å². The van der Waals surface area contributed by atoms with Crippen molar-refractivity contribution in [3.8, 4) is 0 Å². The first kappa shape index (κ1) is 14.8. The van der Waals surface area contributed by atoms with Gasteiger partial charge in [0.25, 0.3) is 0 Å². The summed E-state index contributed by atoms with van der Waals surface area (Å²) < 4.78 is 0. The molecule has 2 rings (SSSR count). The molecular weight excluding hydrogens is 256 g/mol. The lowest BCUT2D eigenvalue weighted by Crippen LogP contribution is -2.29. The molecule has 0 aliphatic carbocycles. The minimum absolute atomic E-state index is 0.452. The number of hydrogen-bond acceptors (Lipinski definition) is 2. The molecule has 1 aliphatic rings. The highest BCUT2D eigenvalue weighted by Crippen LogP contribution is 2.21. The van der Waals surface area contributed by atoms with Gasteiger partial charge in [0, 0.05) is 17.6 Å². The fourth-order valence-corrected chi connectivity index (χ4v) is 2.99. The summed E-state index contributed by atoms with van der Waals surface area (Å²) in [6.07, 6.45) is 2.45. The van der Waals surface area contributed by atoms with Gasteiger partial charge in [-0.15, -0.1) is 0 Å². The van der Waals surface area contributed by atoms with Gasteiger partial charge in [0.05, 0.1) is 0 Å². The SMILES string of the molecule is CCC(NCC1CCN(CC)C1)c1ccc(Cl)cc1. The van der Waals surface area contributed by atoms with Crippen molar-refractivity contribution in [3.05, 3.63) is 34.9 Å². The Bertz CT molecular complexity index is 377. The number of likely N-dealkylation sites (tertiary alicyclic amines) is 1. The first-order valence-corrected chi connectivity index (χ1v) is 7.82. The van der Waals surface area contributed by atoms with Crippen molar-refractivity contribution in [2.75, 3.05) is 26.2 Å². The fraction of sp³-hybridized carbons (Fsp3) is 0.625. The van der Waals surface area contributed by atoms with Gasteiger partial charge >= 0.3 is 0 Å². The van der Waals surface area contributed by atoms with E-state index in [1.165, 1.54) is 31.6 Å². The van der Waals surface area contributed by atoms with Crippen LogP contribution < -0.4 is 5.32 Å². The number of nitrogens with zero attached hydrogens (tertiary/aromatic N) is 1. The first-order chi connectivity index (χ1) is 9.22. The number of nitrogens with one attached hydrogen (secondary N) is 1. The molecule has 1 aliphatic heterocycles. The number of halogens is 1. The van der Waals surface area contributed by atoms with E-state index in [4.69, 9.17) is 11.6 Å². The third-order valence-electron chi connectivity index (χ3n) is 4.15. The van der Waals surface area contributed by atoms with Crippen molar-refractivity contribution in [1.82, 2.24) is 10.2 Å². The molecule has 2 atom stereocenters. The highest BCUT2D eigenvalue weighted by atomic mass is 35.5. The van der Waals surface area contributed by atoms with Gasteiger partial charge in [0.1, 0.15) is 0 Å². The van der Waals surface area contributed by atoms with Crippen LogP contribution in [0.4, 0.5) is 0 Å². The molecule has 1 fully saturated rings. The zero-order chi connectivity index (χ0) is 13.7. The molecule has 0 aromatic heterocycles. The van der Waals surface area contributed by atoms with Crippen molar-refractivity contribution in [3.63, 3.8) is 0 Å². The Balaban J connectivity index is 1.84. The van der Waals surface area contributed by atoms with Crippen molar-refractivity contribution in [2.24, 2.45) is 5.92 Å². The standard InChI is InChI=1S/C16H25ClN2/c1-3-16(14-5-7-15(17)8-6-14)18-11-13-9-10-19(4-2)12-13/h5-8,13,16,18H,3-4,9-12H2,1-2H3. The summed E-state index contributed by atoms with van der Waals surface area (Å²) >= 11 is 5.95. The zero-order valence-corrected chi connectivity index (χ0v) is 12.8. The van der Waals surface area contributed by atoms with Gasteiger partial charge in [-0.3, -0.25) is 0 Å². The van der Waals surface area contributed by atoms with E-state index in [1.54, 1.807) is 0 Å². The van der Waals surface area contributed by atoms with Crippen LogP contribution >= 0.6 is 11.6 Å². The molecule has 3 heteroatoms. The van der Waals surface area contributed by atoms with Crippen molar-refractivity contribution in [2.45, 2.75) is 32.7 Å². The van der Waals surface area contributed by atoms with Crippen LogP contribution in [0.25, 0.3) is 0 Å². The number of benzene rings is 1. The highest BCUT2D eigenvalue weighted by molar-refractivity contribution is 6.30. The smallest absolute Gasteiger partial charge is 0.0406 e. The van der Waals surface area contributed by atoms with Gasteiger partial charge in [-0.2, -0.15) is 0 Å². The maximum Gasteiger partial charge on any atom is 0.0406 e. The molecule has 0 spiro atoms. The summed E-state index contributed by atoms with van der Waals surface area (Å²) in [7, 11) is 0. The molecule has 1 aromatic rings. The van der Waals surface area contributed by atoms with E-state index in [0.717, 1.165) is 23.9 Å². The molecular formula is C16H25ClN2. The molecule has 1 heterocycles. The van der Waals surface area contributed by atoms with Crippen molar-refractivity contribution < 1.29 is 0 Å². The largest absolute Gasteiger partial charge is 0.310 e. The topological polar surface area (TPSA) is 15.3 Å². The lowest BCUT2D eigenvalue weighted by atomic mass is 10.0. The second-order valence-corrected chi connectivity index (χ2v) is 5.90. The normalized spacial score (nSPS) is 21.7. The van der Waals surface area contributed by atoms with Crippen LogP contribution in [0.3, 0.4) is 0 Å². The van der Waals surface area contributed by atoms with E-state index in [2.05, 4.69) is 36.2 Å². The van der Waals surface area contributed by atoms with Gasteiger partial charge in [0.2, 0.25) is 0 Å². The predicted octanol–water partition coefficient (Wildman–Crippen LogP) is 3.72. The summed E-state index contributed by atoms with van der Waals surface area (Å²) in [5, 5.41) is 4.53. The monoisotopic (exact) mass is 280 g/mol. The zero-order valence-electron chi connectivity index (χ0n) is 12.0. The summed E-state index contributed by atoms with van der Waals surface area (Å²) in [4.78, 5) is 2.54. The Morgan fingerprint density at radius 1 is 1.32 bits per heavy atom. The van der Waals surface area contributed by atoms with Crippen LogP contribution in [-0.4, -0.2) is 31.1 Å². The third kappa shape index (κ3) is 4.20. The van der Waals surface area contributed by atoms with E-state index in [-0.39, 0.29) is 0 Å². The van der Waals surface area contributed by atoms with Crippen LogP contribution in [0.2, 0.25) is 5.02 Å². The quantitative estimate of drug-likeness (QED) is 0.854. The fourth-order valence-electron chi connectivity index (χ4n) is 2.87. The van der Waals surface area contributed by atoms with Crippen LogP contribution in [0.1, 0.15) is 38.3 Å². The molecule has 1 aromatic carbocycles. The maximum atomic E-state index is 5.95. The highest BCUT2D eigenvalue weighted by Gasteiger charge is 2.21. The minimum atomic E-state index is 0.452. The molecule has 1 saturated heterocycles. The Kier molecular flexibility index (Phi) is 5.68. The number of rotatable bonds is 6.